The molecule has 1 saturated heterocycles. The minimum atomic E-state index is 0.0699. The lowest BCUT2D eigenvalue weighted by Crippen LogP contribution is -2.39. The number of pyridine rings is 1. The number of amides is 1. The molecule has 2 aromatic heterocycles. The molecule has 5 nitrogen and oxygen atoms in total. The summed E-state index contributed by atoms with van der Waals surface area (Å²) in [6.07, 6.45) is 9.32. The molecule has 0 radical (unpaired) electrons. The second kappa shape index (κ2) is 6.30. The topological polar surface area (TPSA) is 51.0 Å². The lowest BCUT2D eigenvalue weighted by molar-refractivity contribution is 0.0702. The van der Waals surface area contributed by atoms with Gasteiger partial charge in [-0.2, -0.15) is 0 Å². The van der Waals surface area contributed by atoms with Gasteiger partial charge in [0.05, 0.1) is 5.56 Å². The fourth-order valence-electron chi connectivity index (χ4n) is 3.12. The van der Waals surface area contributed by atoms with Gasteiger partial charge in [-0.25, -0.2) is 4.98 Å². The first kappa shape index (κ1) is 14.8. The SMILES string of the molecule is CC(C)n1ccnc1[C@H]1CCCN(C(=O)c2cccnc2)C1. The Kier molecular flexibility index (Phi) is 4.22. The van der Waals surface area contributed by atoms with Crippen LogP contribution in [0.1, 0.15) is 54.8 Å². The van der Waals surface area contributed by atoms with Crippen molar-refractivity contribution >= 4 is 5.91 Å². The van der Waals surface area contributed by atoms with Crippen molar-refractivity contribution in [1.82, 2.24) is 19.4 Å². The summed E-state index contributed by atoms with van der Waals surface area (Å²) in [7, 11) is 0. The van der Waals surface area contributed by atoms with Gasteiger partial charge in [0, 0.05) is 49.8 Å². The summed E-state index contributed by atoms with van der Waals surface area (Å²) in [6.45, 7) is 5.86. The number of aromatic nitrogens is 3. The van der Waals surface area contributed by atoms with Crippen LogP contribution in [0.4, 0.5) is 0 Å². The molecule has 22 heavy (non-hydrogen) atoms. The molecule has 3 rings (SSSR count). The molecule has 3 heterocycles. The molecule has 1 fully saturated rings. The number of carbonyl (C=O) groups excluding carboxylic acids is 1. The Morgan fingerprint density at radius 3 is 2.95 bits per heavy atom. The van der Waals surface area contributed by atoms with E-state index in [0.717, 1.165) is 31.8 Å². The van der Waals surface area contributed by atoms with Crippen molar-refractivity contribution < 1.29 is 4.79 Å². The van der Waals surface area contributed by atoms with E-state index in [0.29, 0.717) is 17.5 Å². The van der Waals surface area contributed by atoms with E-state index >= 15 is 0 Å². The third kappa shape index (κ3) is 2.89. The molecule has 1 atom stereocenters. The van der Waals surface area contributed by atoms with Crippen LogP contribution >= 0.6 is 0 Å². The van der Waals surface area contributed by atoms with E-state index in [-0.39, 0.29) is 5.91 Å². The number of hydrogen-bond donors (Lipinski definition) is 0. The lowest BCUT2D eigenvalue weighted by Gasteiger charge is -2.33. The average Bonchev–Trinajstić information content (AvgIpc) is 3.05. The van der Waals surface area contributed by atoms with E-state index < -0.39 is 0 Å². The molecular formula is C17H22N4O. The highest BCUT2D eigenvalue weighted by Gasteiger charge is 2.28. The highest BCUT2D eigenvalue weighted by atomic mass is 16.2. The summed E-state index contributed by atoms with van der Waals surface area (Å²) in [6, 6.07) is 4.02. The predicted octanol–water partition coefficient (Wildman–Crippen LogP) is 2.88. The minimum Gasteiger partial charge on any atom is -0.338 e. The van der Waals surface area contributed by atoms with Crippen LogP contribution in [0.2, 0.25) is 0 Å². The number of likely N-dealkylation sites (tertiary alicyclic amines) is 1. The van der Waals surface area contributed by atoms with Gasteiger partial charge in [-0.05, 0) is 38.8 Å². The van der Waals surface area contributed by atoms with Gasteiger partial charge in [-0.1, -0.05) is 0 Å². The summed E-state index contributed by atoms with van der Waals surface area (Å²) in [5, 5.41) is 0. The Morgan fingerprint density at radius 1 is 1.36 bits per heavy atom. The number of rotatable bonds is 3. The van der Waals surface area contributed by atoms with E-state index in [9.17, 15) is 4.79 Å². The first-order valence-electron chi connectivity index (χ1n) is 7.89. The first-order chi connectivity index (χ1) is 10.7. The molecule has 0 spiro atoms. The maximum absolute atomic E-state index is 12.6. The average molecular weight is 298 g/mol. The van der Waals surface area contributed by atoms with Gasteiger partial charge in [0.25, 0.3) is 5.91 Å². The van der Waals surface area contributed by atoms with Crippen molar-refractivity contribution in [3.8, 4) is 0 Å². The Bertz CT molecular complexity index is 635. The quantitative estimate of drug-likeness (QED) is 0.875. The molecule has 0 bridgehead atoms. The van der Waals surface area contributed by atoms with E-state index in [1.165, 1.54) is 0 Å². The Hall–Kier alpha value is -2.17. The number of piperidine rings is 1. The third-order valence-corrected chi connectivity index (χ3v) is 4.24. The molecule has 1 amide bonds. The molecule has 0 saturated carbocycles. The van der Waals surface area contributed by atoms with Gasteiger partial charge in [0.2, 0.25) is 0 Å². The van der Waals surface area contributed by atoms with Crippen LogP contribution in [-0.4, -0.2) is 38.4 Å². The second-order valence-corrected chi connectivity index (χ2v) is 6.12. The van der Waals surface area contributed by atoms with Crippen LogP contribution in [-0.2, 0) is 0 Å². The molecule has 116 valence electrons. The molecule has 0 unspecified atom stereocenters. The lowest BCUT2D eigenvalue weighted by atomic mass is 9.96. The van der Waals surface area contributed by atoms with Crippen molar-refractivity contribution in [2.75, 3.05) is 13.1 Å². The molecule has 2 aromatic rings. The largest absolute Gasteiger partial charge is 0.338 e. The normalized spacial score (nSPS) is 18.7. The van der Waals surface area contributed by atoms with E-state index in [2.05, 4.69) is 28.4 Å². The third-order valence-electron chi connectivity index (χ3n) is 4.24. The summed E-state index contributed by atoms with van der Waals surface area (Å²) in [5.41, 5.74) is 0.662. The van der Waals surface area contributed by atoms with Gasteiger partial charge in [0.15, 0.2) is 0 Å². The molecule has 5 heteroatoms. The molecule has 0 N–H and O–H groups in total. The number of hydrogen-bond acceptors (Lipinski definition) is 3. The van der Waals surface area contributed by atoms with Crippen LogP contribution in [0.5, 0.6) is 0 Å². The zero-order valence-corrected chi connectivity index (χ0v) is 13.1. The summed E-state index contributed by atoms with van der Waals surface area (Å²) >= 11 is 0. The highest BCUT2D eigenvalue weighted by Crippen LogP contribution is 2.28. The summed E-state index contributed by atoms with van der Waals surface area (Å²) in [5.74, 6) is 1.48. The Balaban J connectivity index is 1.77. The Labute approximate surface area is 131 Å². The van der Waals surface area contributed by atoms with Gasteiger partial charge < -0.3 is 9.47 Å². The van der Waals surface area contributed by atoms with Crippen molar-refractivity contribution in [2.45, 2.75) is 38.6 Å². The predicted molar refractivity (Wildman–Crippen MR) is 84.7 cm³/mol. The van der Waals surface area contributed by atoms with Crippen LogP contribution in [0.15, 0.2) is 36.9 Å². The van der Waals surface area contributed by atoms with Crippen LogP contribution < -0.4 is 0 Å². The summed E-state index contributed by atoms with van der Waals surface area (Å²) in [4.78, 5) is 23.1. The van der Waals surface area contributed by atoms with Gasteiger partial charge in [-0.3, -0.25) is 9.78 Å². The van der Waals surface area contributed by atoms with E-state index in [4.69, 9.17) is 0 Å². The molecular weight excluding hydrogens is 276 g/mol. The van der Waals surface area contributed by atoms with Crippen molar-refractivity contribution in [3.05, 3.63) is 48.3 Å². The minimum absolute atomic E-state index is 0.0699. The number of nitrogens with zero attached hydrogens (tertiary/aromatic N) is 4. The maximum Gasteiger partial charge on any atom is 0.255 e. The van der Waals surface area contributed by atoms with E-state index in [1.54, 1.807) is 18.5 Å². The fourth-order valence-corrected chi connectivity index (χ4v) is 3.12. The molecule has 1 aliphatic heterocycles. The van der Waals surface area contributed by atoms with Crippen molar-refractivity contribution in [2.24, 2.45) is 0 Å². The zero-order valence-electron chi connectivity index (χ0n) is 13.1. The monoisotopic (exact) mass is 298 g/mol. The van der Waals surface area contributed by atoms with E-state index in [1.807, 2.05) is 23.4 Å². The zero-order chi connectivity index (χ0) is 15.5. The van der Waals surface area contributed by atoms with Crippen molar-refractivity contribution in [3.63, 3.8) is 0 Å². The van der Waals surface area contributed by atoms with Gasteiger partial charge in [-0.15, -0.1) is 0 Å². The van der Waals surface area contributed by atoms with Crippen LogP contribution in [0.3, 0.4) is 0 Å². The van der Waals surface area contributed by atoms with Crippen molar-refractivity contribution in [1.29, 1.82) is 0 Å². The first-order valence-corrected chi connectivity index (χ1v) is 7.89. The molecule has 1 aliphatic rings. The number of carbonyl (C=O) groups is 1. The van der Waals surface area contributed by atoms with Gasteiger partial charge >= 0.3 is 0 Å². The second-order valence-electron chi connectivity index (χ2n) is 6.12. The van der Waals surface area contributed by atoms with Crippen LogP contribution in [0, 0.1) is 0 Å². The number of imidazole rings is 1. The van der Waals surface area contributed by atoms with Gasteiger partial charge in [0.1, 0.15) is 5.82 Å². The Morgan fingerprint density at radius 2 is 2.23 bits per heavy atom. The molecule has 0 aromatic carbocycles. The van der Waals surface area contributed by atoms with Crippen LogP contribution in [0.25, 0.3) is 0 Å². The smallest absolute Gasteiger partial charge is 0.255 e. The maximum atomic E-state index is 12.6. The molecule has 0 aliphatic carbocycles. The standard InChI is InChI=1S/C17H22N4O/c1-13(2)21-10-8-19-16(21)15-6-4-9-20(12-15)17(22)14-5-3-7-18-11-14/h3,5,7-8,10-11,13,15H,4,6,9,12H2,1-2H3/t15-/m0/s1. The summed E-state index contributed by atoms with van der Waals surface area (Å²) < 4.78 is 2.21. The fraction of sp³-hybridized carbons (Fsp3) is 0.471. The highest BCUT2D eigenvalue weighted by molar-refractivity contribution is 5.93.